The van der Waals surface area contributed by atoms with Crippen LogP contribution in [-0.4, -0.2) is 22.4 Å². The van der Waals surface area contributed by atoms with Gasteiger partial charge in [-0.2, -0.15) is 4.98 Å². The third-order valence-electron chi connectivity index (χ3n) is 4.27. The Kier molecular flexibility index (Phi) is 3.68. The van der Waals surface area contributed by atoms with Gasteiger partial charge in [0, 0.05) is 12.7 Å². The van der Waals surface area contributed by atoms with Crippen LogP contribution in [0, 0.1) is 5.92 Å². The molecule has 1 aromatic carbocycles. The second-order valence-electron chi connectivity index (χ2n) is 5.87. The lowest BCUT2D eigenvalue weighted by Gasteiger charge is -2.36. The summed E-state index contributed by atoms with van der Waals surface area (Å²) in [5.74, 6) is 1.78. The Labute approximate surface area is 123 Å². The van der Waals surface area contributed by atoms with Gasteiger partial charge in [0.2, 0.25) is 5.82 Å². The molecule has 0 amide bonds. The number of aromatic hydroxyl groups is 1. The molecular weight excluding hydrogens is 268 g/mol. The molecule has 1 saturated carbocycles. The zero-order valence-electron chi connectivity index (χ0n) is 12.4. The highest BCUT2D eigenvalue weighted by Crippen LogP contribution is 2.41. The number of methoxy groups -OCH3 is 1. The summed E-state index contributed by atoms with van der Waals surface area (Å²) in [5, 5.41) is 13.7. The maximum atomic E-state index is 9.55. The molecule has 1 aliphatic rings. The first-order valence-corrected chi connectivity index (χ1v) is 7.32. The smallest absolute Gasteiger partial charge is 0.258 e. The Bertz CT molecular complexity index is 625. The van der Waals surface area contributed by atoms with Crippen LogP contribution >= 0.6 is 0 Å². The number of rotatable bonds is 3. The van der Waals surface area contributed by atoms with Crippen molar-refractivity contribution < 1.29 is 14.4 Å². The molecule has 1 N–H and O–H groups in total. The predicted molar refractivity (Wildman–Crippen MR) is 77.7 cm³/mol. The molecule has 1 fully saturated rings. The molecule has 1 aromatic heterocycles. The normalized spacial score (nSPS) is 25.9. The first-order chi connectivity index (χ1) is 10.1. The van der Waals surface area contributed by atoms with Gasteiger partial charge in [0.15, 0.2) is 0 Å². The van der Waals surface area contributed by atoms with Crippen molar-refractivity contribution in [2.75, 3.05) is 7.11 Å². The van der Waals surface area contributed by atoms with E-state index in [1.807, 2.05) is 6.07 Å². The molecule has 1 aliphatic carbocycles. The highest BCUT2D eigenvalue weighted by molar-refractivity contribution is 5.55. The molecule has 0 radical (unpaired) electrons. The predicted octanol–water partition coefficient (Wildman–Crippen LogP) is 3.49. The maximum absolute atomic E-state index is 9.55. The van der Waals surface area contributed by atoms with Crippen LogP contribution in [0.15, 0.2) is 28.8 Å². The fraction of sp³-hybridized carbons (Fsp3) is 0.500. The molecule has 0 aliphatic heterocycles. The number of nitrogens with zero attached hydrogens (tertiary/aromatic N) is 2. The summed E-state index contributed by atoms with van der Waals surface area (Å²) in [4.78, 5) is 4.51. The summed E-state index contributed by atoms with van der Waals surface area (Å²) < 4.78 is 11.1. The minimum Gasteiger partial charge on any atom is -0.508 e. The van der Waals surface area contributed by atoms with Crippen LogP contribution in [0.2, 0.25) is 0 Å². The zero-order chi connectivity index (χ0) is 14.9. The molecule has 1 heterocycles. The van der Waals surface area contributed by atoms with E-state index in [9.17, 15) is 5.11 Å². The Morgan fingerprint density at radius 2 is 2.29 bits per heavy atom. The summed E-state index contributed by atoms with van der Waals surface area (Å²) in [6.45, 7) is 2.23. The van der Waals surface area contributed by atoms with Crippen LogP contribution in [0.3, 0.4) is 0 Å². The van der Waals surface area contributed by atoms with Crippen molar-refractivity contribution in [3.05, 3.63) is 30.1 Å². The molecule has 0 spiro atoms. The third-order valence-corrected chi connectivity index (χ3v) is 4.27. The highest BCUT2D eigenvalue weighted by Gasteiger charge is 2.41. The van der Waals surface area contributed by atoms with Gasteiger partial charge in [0.1, 0.15) is 11.4 Å². The van der Waals surface area contributed by atoms with Gasteiger partial charge in [0.05, 0.1) is 0 Å². The summed E-state index contributed by atoms with van der Waals surface area (Å²) in [5.41, 5.74) is 0.264. The van der Waals surface area contributed by atoms with Crippen LogP contribution in [0.1, 0.15) is 38.4 Å². The molecule has 5 nitrogen and oxygen atoms in total. The Hall–Kier alpha value is -1.88. The van der Waals surface area contributed by atoms with Crippen LogP contribution in [0.25, 0.3) is 11.5 Å². The molecule has 2 atom stereocenters. The Balaban J connectivity index is 1.93. The summed E-state index contributed by atoms with van der Waals surface area (Å²) >= 11 is 0. The number of benzene rings is 1. The Morgan fingerprint density at radius 3 is 3.00 bits per heavy atom. The van der Waals surface area contributed by atoms with Crippen molar-refractivity contribution in [1.82, 2.24) is 10.1 Å². The van der Waals surface area contributed by atoms with Gasteiger partial charge in [-0.3, -0.25) is 0 Å². The van der Waals surface area contributed by atoms with Gasteiger partial charge >= 0.3 is 0 Å². The van der Waals surface area contributed by atoms with Crippen molar-refractivity contribution in [2.24, 2.45) is 5.92 Å². The lowest BCUT2D eigenvalue weighted by molar-refractivity contribution is -0.0658. The van der Waals surface area contributed by atoms with Crippen molar-refractivity contribution in [2.45, 2.75) is 38.2 Å². The molecule has 21 heavy (non-hydrogen) atoms. The van der Waals surface area contributed by atoms with E-state index in [1.54, 1.807) is 25.3 Å². The minimum atomic E-state index is -0.448. The quantitative estimate of drug-likeness (QED) is 0.936. The Morgan fingerprint density at radius 1 is 1.43 bits per heavy atom. The van der Waals surface area contributed by atoms with E-state index in [1.165, 1.54) is 6.42 Å². The van der Waals surface area contributed by atoms with E-state index in [2.05, 4.69) is 17.1 Å². The van der Waals surface area contributed by atoms with Gasteiger partial charge in [-0.25, -0.2) is 0 Å². The molecule has 112 valence electrons. The van der Waals surface area contributed by atoms with Gasteiger partial charge < -0.3 is 14.4 Å². The van der Waals surface area contributed by atoms with Crippen molar-refractivity contribution in [3.8, 4) is 17.2 Å². The first kappa shape index (κ1) is 14.1. The maximum Gasteiger partial charge on any atom is 0.258 e. The standard InChI is InChI=1S/C16H20N2O3/c1-11-5-4-8-16(10-11,20-2)15-17-14(21-18-15)12-6-3-7-13(19)9-12/h3,6-7,9,11,19H,4-5,8,10H2,1-2H3. The van der Waals surface area contributed by atoms with E-state index < -0.39 is 5.60 Å². The van der Waals surface area contributed by atoms with Crippen LogP contribution in [-0.2, 0) is 10.3 Å². The summed E-state index contributed by atoms with van der Waals surface area (Å²) in [7, 11) is 1.71. The fourth-order valence-corrected chi connectivity index (χ4v) is 3.15. The van der Waals surface area contributed by atoms with Crippen molar-refractivity contribution in [1.29, 1.82) is 0 Å². The van der Waals surface area contributed by atoms with Crippen molar-refractivity contribution >= 4 is 0 Å². The van der Waals surface area contributed by atoms with Crippen LogP contribution < -0.4 is 0 Å². The van der Waals surface area contributed by atoms with Gasteiger partial charge in [0.25, 0.3) is 5.89 Å². The van der Waals surface area contributed by atoms with E-state index in [4.69, 9.17) is 9.26 Å². The molecule has 0 bridgehead atoms. The molecule has 2 unspecified atom stereocenters. The van der Waals surface area contributed by atoms with E-state index >= 15 is 0 Å². The molecular formula is C16H20N2O3. The summed E-state index contributed by atoms with van der Waals surface area (Å²) in [6.07, 6.45) is 4.13. The van der Waals surface area contributed by atoms with Crippen LogP contribution in [0.4, 0.5) is 0 Å². The second-order valence-corrected chi connectivity index (χ2v) is 5.87. The van der Waals surface area contributed by atoms with E-state index in [0.717, 1.165) is 19.3 Å². The van der Waals surface area contributed by atoms with E-state index in [-0.39, 0.29) is 5.75 Å². The number of hydrogen-bond acceptors (Lipinski definition) is 5. The number of ether oxygens (including phenoxy) is 1. The first-order valence-electron chi connectivity index (χ1n) is 7.32. The second kappa shape index (κ2) is 5.48. The zero-order valence-corrected chi connectivity index (χ0v) is 12.4. The number of phenolic OH excluding ortho intramolecular Hbond substituents is 1. The minimum absolute atomic E-state index is 0.181. The number of aromatic nitrogens is 2. The highest BCUT2D eigenvalue weighted by atomic mass is 16.5. The van der Waals surface area contributed by atoms with Gasteiger partial charge in [-0.1, -0.05) is 24.6 Å². The lowest BCUT2D eigenvalue weighted by Crippen LogP contribution is -2.35. The molecule has 5 heteroatoms. The van der Waals surface area contributed by atoms with Gasteiger partial charge in [-0.05, 0) is 43.4 Å². The monoisotopic (exact) mass is 288 g/mol. The lowest BCUT2D eigenvalue weighted by atomic mass is 9.78. The average Bonchev–Trinajstić information content (AvgIpc) is 2.97. The largest absolute Gasteiger partial charge is 0.508 e. The number of phenols is 1. The van der Waals surface area contributed by atoms with Crippen LogP contribution in [0.5, 0.6) is 5.75 Å². The van der Waals surface area contributed by atoms with Crippen molar-refractivity contribution in [3.63, 3.8) is 0 Å². The molecule has 2 aromatic rings. The number of hydrogen-bond donors (Lipinski definition) is 1. The molecule has 0 saturated heterocycles. The fourth-order valence-electron chi connectivity index (χ4n) is 3.15. The molecule has 3 rings (SSSR count). The van der Waals surface area contributed by atoms with Gasteiger partial charge in [-0.15, -0.1) is 0 Å². The topological polar surface area (TPSA) is 68.4 Å². The SMILES string of the molecule is COC1(c2noc(-c3cccc(O)c3)n2)CCCC(C)C1. The van der Waals surface area contributed by atoms with E-state index in [0.29, 0.717) is 23.2 Å². The summed E-state index contributed by atoms with van der Waals surface area (Å²) in [6, 6.07) is 6.81. The average molecular weight is 288 g/mol. The third kappa shape index (κ3) is 2.65.